The maximum Gasteiger partial charge on any atom is 0.220 e. The van der Waals surface area contributed by atoms with Crippen molar-refractivity contribution in [2.75, 3.05) is 13.2 Å². The Hall–Kier alpha value is -3.15. The van der Waals surface area contributed by atoms with Gasteiger partial charge in [-0.3, -0.25) is 4.79 Å². The van der Waals surface area contributed by atoms with E-state index in [1.165, 1.54) is 225 Å². The second-order valence-electron chi connectivity index (χ2n) is 25.7. The fraction of sp³-hybridized carbons (Fsp3) is 0.762. The average molecular weight is 1250 g/mol. The summed E-state index contributed by atoms with van der Waals surface area (Å²) in [5, 5.41) is 54.8. The molecule has 1 rings (SSSR count). The van der Waals surface area contributed by atoms with Gasteiger partial charge in [0.2, 0.25) is 5.91 Å². The summed E-state index contributed by atoms with van der Waals surface area (Å²) in [6.45, 7) is 3.70. The van der Waals surface area contributed by atoms with Gasteiger partial charge >= 0.3 is 0 Å². The Morgan fingerprint density at radius 3 is 1.03 bits per heavy atom. The van der Waals surface area contributed by atoms with E-state index in [2.05, 4.69) is 116 Å². The number of hydrogen-bond acceptors (Lipinski definition) is 8. The monoisotopic (exact) mass is 1240 g/mol. The lowest BCUT2D eigenvalue weighted by Gasteiger charge is -2.40. The highest BCUT2D eigenvalue weighted by Gasteiger charge is 2.44. The molecular weight excluding hydrogens is 1100 g/mol. The molecule has 0 aromatic rings. The molecule has 0 bridgehead atoms. The topological polar surface area (TPSA) is 149 Å². The summed E-state index contributed by atoms with van der Waals surface area (Å²) in [5.41, 5.74) is 0. The van der Waals surface area contributed by atoms with Gasteiger partial charge in [0.25, 0.3) is 0 Å². The Morgan fingerprint density at radius 2 is 0.697 bits per heavy atom. The summed E-state index contributed by atoms with van der Waals surface area (Å²) in [5.74, 6) is -0.175. The number of carbonyl (C=O) groups is 1. The van der Waals surface area contributed by atoms with Crippen LogP contribution in [0.3, 0.4) is 0 Å². The normalized spacial score (nSPS) is 18.5. The number of aliphatic hydroxyl groups excluding tert-OH is 5. The molecule has 1 aliphatic rings. The van der Waals surface area contributed by atoms with Crippen LogP contribution in [-0.2, 0) is 14.3 Å². The number of ether oxygens (including phenoxy) is 2. The van der Waals surface area contributed by atoms with Crippen LogP contribution in [0.2, 0.25) is 0 Å². The van der Waals surface area contributed by atoms with Gasteiger partial charge in [0.05, 0.1) is 25.4 Å². The summed E-state index contributed by atoms with van der Waals surface area (Å²) in [7, 11) is 0. The molecule has 1 amide bonds. The third-order valence-electron chi connectivity index (χ3n) is 17.4. The lowest BCUT2D eigenvalue weighted by atomic mass is 9.99. The van der Waals surface area contributed by atoms with E-state index in [1.807, 2.05) is 6.08 Å². The number of rotatable bonds is 65. The molecule has 514 valence electrons. The van der Waals surface area contributed by atoms with E-state index in [1.54, 1.807) is 6.08 Å². The van der Waals surface area contributed by atoms with Gasteiger partial charge in [0.1, 0.15) is 24.4 Å². The van der Waals surface area contributed by atoms with Crippen LogP contribution in [0.1, 0.15) is 335 Å². The first-order chi connectivity index (χ1) is 43.8. The van der Waals surface area contributed by atoms with Gasteiger partial charge in [-0.1, -0.05) is 354 Å². The lowest BCUT2D eigenvalue weighted by molar-refractivity contribution is -0.302. The molecule has 1 aliphatic heterocycles. The fourth-order valence-electron chi connectivity index (χ4n) is 11.5. The van der Waals surface area contributed by atoms with E-state index in [0.717, 1.165) is 89.9 Å². The van der Waals surface area contributed by atoms with E-state index in [-0.39, 0.29) is 12.5 Å². The molecule has 1 heterocycles. The number of carbonyl (C=O) groups excluding carboxylic acids is 1. The quantitative estimate of drug-likeness (QED) is 0.0261. The van der Waals surface area contributed by atoms with Crippen LogP contribution in [0, 0.1) is 0 Å². The molecular formula is C80H141NO8. The summed E-state index contributed by atoms with van der Waals surface area (Å²) in [4.78, 5) is 13.2. The average Bonchev–Trinajstić information content (AvgIpc) is 2.59. The molecule has 7 atom stereocenters. The number of unbranched alkanes of at least 4 members (excludes halogenated alkanes) is 39. The second kappa shape index (κ2) is 67.7. The number of allylic oxidation sites excluding steroid dienone is 17. The Kier molecular flexibility index (Phi) is 63.8. The van der Waals surface area contributed by atoms with Crippen molar-refractivity contribution < 1.29 is 39.8 Å². The zero-order valence-electron chi connectivity index (χ0n) is 57.7. The van der Waals surface area contributed by atoms with Gasteiger partial charge in [-0.05, 0) is 83.5 Å². The molecule has 0 aliphatic carbocycles. The molecule has 7 unspecified atom stereocenters. The molecule has 89 heavy (non-hydrogen) atoms. The summed E-state index contributed by atoms with van der Waals surface area (Å²) in [6, 6.07) is -0.811. The first-order valence-corrected chi connectivity index (χ1v) is 37.6. The van der Waals surface area contributed by atoms with Crippen LogP contribution in [0.5, 0.6) is 0 Å². The second-order valence-corrected chi connectivity index (χ2v) is 25.7. The third kappa shape index (κ3) is 56.1. The highest BCUT2D eigenvalue weighted by Crippen LogP contribution is 2.23. The van der Waals surface area contributed by atoms with E-state index in [4.69, 9.17) is 9.47 Å². The minimum atomic E-state index is -1.57. The number of amides is 1. The zero-order valence-corrected chi connectivity index (χ0v) is 57.7. The van der Waals surface area contributed by atoms with Gasteiger partial charge < -0.3 is 40.3 Å². The molecule has 0 spiro atoms. The molecule has 6 N–H and O–H groups in total. The van der Waals surface area contributed by atoms with Crippen molar-refractivity contribution in [1.82, 2.24) is 5.32 Å². The molecule has 0 radical (unpaired) electrons. The van der Waals surface area contributed by atoms with E-state index < -0.39 is 49.5 Å². The minimum Gasteiger partial charge on any atom is -0.394 e. The predicted molar refractivity (Wildman–Crippen MR) is 382 cm³/mol. The van der Waals surface area contributed by atoms with Crippen LogP contribution < -0.4 is 5.32 Å². The SMILES string of the molecule is CC/C=C\C/C=C\C/C=C\C/C=C\C/C=C\C/C=C\C/C=C\C/C=C\CCCCCCCCCCCCCCCCCCC(=O)NC(COC1OC(CO)C(O)C(O)C1O)C(O)/C=C/CCCCCCCCCCCCCCCCCCCCCCCCC. The third-order valence-corrected chi connectivity index (χ3v) is 17.4. The molecule has 1 fully saturated rings. The predicted octanol–water partition coefficient (Wildman–Crippen LogP) is 21.2. The molecule has 9 nitrogen and oxygen atoms in total. The van der Waals surface area contributed by atoms with Crippen molar-refractivity contribution >= 4 is 5.91 Å². The maximum atomic E-state index is 13.2. The maximum absolute atomic E-state index is 13.2. The first kappa shape index (κ1) is 83.9. The Labute approximate surface area is 548 Å². The van der Waals surface area contributed by atoms with Crippen molar-refractivity contribution in [2.45, 2.75) is 378 Å². The van der Waals surface area contributed by atoms with Gasteiger partial charge in [0, 0.05) is 6.42 Å². The smallest absolute Gasteiger partial charge is 0.220 e. The number of hydrogen-bond donors (Lipinski definition) is 6. The Balaban J connectivity index is 2.10. The minimum absolute atomic E-state index is 0.175. The zero-order chi connectivity index (χ0) is 64.2. The highest BCUT2D eigenvalue weighted by atomic mass is 16.7. The van der Waals surface area contributed by atoms with Crippen molar-refractivity contribution in [3.8, 4) is 0 Å². The van der Waals surface area contributed by atoms with Crippen molar-refractivity contribution in [3.63, 3.8) is 0 Å². The van der Waals surface area contributed by atoms with Crippen molar-refractivity contribution in [3.05, 3.63) is 109 Å². The lowest BCUT2D eigenvalue weighted by Crippen LogP contribution is -2.60. The number of aliphatic hydroxyl groups is 5. The summed E-state index contributed by atoms with van der Waals surface area (Å²) < 4.78 is 11.3. The van der Waals surface area contributed by atoms with E-state index >= 15 is 0 Å². The molecule has 1 saturated heterocycles. The molecule has 9 heteroatoms. The molecule has 0 saturated carbocycles. The van der Waals surface area contributed by atoms with Gasteiger partial charge in [-0.15, -0.1) is 0 Å². The van der Waals surface area contributed by atoms with Crippen molar-refractivity contribution in [2.24, 2.45) is 0 Å². The largest absolute Gasteiger partial charge is 0.394 e. The van der Waals surface area contributed by atoms with Crippen LogP contribution in [0.25, 0.3) is 0 Å². The Bertz CT molecular complexity index is 1780. The van der Waals surface area contributed by atoms with E-state index in [9.17, 15) is 30.3 Å². The van der Waals surface area contributed by atoms with Crippen molar-refractivity contribution in [1.29, 1.82) is 0 Å². The number of nitrogens with one attached hydrogen (secondary N) is 1. The van der Waals surface area contributed by atoms with Gasteiger partial charge in [-0.2, -0.15) is 0 Å². The van der Waals surface area contributed by atoms with Crippen LogP contribution >= 0.6 is 0 Å². The van der Waals surface area contributed by atoms with Crippen LogP contribution in [-0.4, -0.2) is 87.5 Å². The van der Waals surface area contributed by atoms with E-state index in [0.29, 0.717) is 6.42 Å². The summed E-state index contributed by atoms with van der Waals surface area (Å²) >= 11 is 0. The van der Waals surface area contributed by atoms with Gasteiger partial charge in [-0.25, -0.2) is 0 Å². The standard InChI is InChI=1S/C80H141NO8/c1-3-5-7-9-11-13-15-17-19-21-23-25-27-29-30-31-32-33-34-35-36-37-38-39-40-41-42-43-44-46-48-50-52-54-56-58-60-62-64-66-68-70-76(84)81-73(72-88-80-79(87)78(86)77(85)75(71-82)89-80)74(83)69-67-65-63-61-59-57-55-53-51-49-47-45-28-26-24-22-20-18-16-14-12-10-8-6-4-2/h5,7,11,13,17,19,23,25,29-30,32-33,35-36,38-39,67,69,73-75,77-80,82-83,85-87H,3-4,6,8-10,12,14-16,18,20-22,24,26-28,31,34,37,40-66,68,70-72H2,1-2H3,(H,81,84)/b7-5-,13-11-,19-17-,25-23-,30-29-,33-32-,36-35-,39-38-,69-67+. The van der Waals surface area contributed by atoms with Crippen LogP contribution in [0.15, 0.2) is 109 Å². The fourth-order valence-corrected chi connectivity index (χ4v) is 11.5. The molecule has 0 aromatic carbocycles. The first-order valence-electron chi connectivity index (χ1n) is 37.6. The molecule has 0 aromatic heterocycles. The Morgan fingerprint density at radius 1 is 0.393 bits per heavy atom. The van der Waals surface area contributed by atoms with Crippen LogP contribution in [0.4, 0.5) is 0 Å². The highest BCUT2D eigenvalue weighted by molar-refractivity contribution is 5.76. The summed E-state index contributed by atoms with van der Waals surface area (Å²) in [6.07, 6.45) is 93.5. The van der Waals surface area contributed by atoms with Gasteiger partial charge in [0.15, 0.2) is 6.29 Å².